The zero-order valence-electron chi connectivity index (χ0n) is 43.1. The van der Waals surface area contributed by atoms with Crippen molar-refractivity contribution in [1.82, 2.24) is 36.0 Å². The van der Waals surface area contributed by atoms with Gasteiger partial charge >= 0.3 is 18.2 Å². The molecular formula is C57H73N7O9. The molecule has 7 rings (SSSR count). The molecule has 1 aliphatic carbocycles. The first-order valence-electron chi connectivity index (χ1n) is 25.8. The highest BCUT2D eigenvalue weighted by Crippen LogP contribution is 2.44. The molecule has 6 atom stereocenters. The molecule has 0 bridgehead atoms. The second-order valence-electron chi connectivity index (χ2n) is 20.4. The SMILES string of the molecule is CC[C@H](C)[C@H](NC(=O)OCC1c2ccccc2-c2ccccc21)C(=O)N[C@@H](CCC(NC(=O)OC(C)(C)C)N1CCNCC1)C(=O)N(C)[C@H](Cc1ccccc1)C(=O)N1CCC[C@H]1C(=O)OCc1ccccc1. The Bertz CT molecular complexity index is 2470. The number of piperazine rings is 1. The summed E-state index contributed by atoms with van der Waals surface area (Å²) in [6.07, 6.45) is -0.169. The van der Waals surface area contributed by atoms with Crippen molar-refractivity contribution < 1.29 is 43.0 Å². The summed E-state index contributed by atoms with van der Waals surface area (Å²) < 4.78 is 17.3. The lowest BCUT2D eigenvalue weighted by Gasteiger charge is -2.37. The van der Waals surface area contributed by atoms with Crippen molar-refractivity contribution in [3.63, 3.8) is 0 Å². The van der Waals surface area contributed by atoms with E-state index in [4.69, 9.17) is 14.2 Å². The van der Waals surface area contributed by atoms with E-state index in [9.17, 15) is 24.0 Å². The zero-order chi connectivity index (χ0) is 52.1. The Balaban J connectivity index is 1.14. The van der Waals surface area contributed by atoms with Crippen molar-refractivity contribution in [2.45, 2.75) is 122 Å². The summed E-state index contributed by atoms with van der Waals surface area (Å²) in [6, 6.07) is 30.4. The fourth-order valence-electron chi connectivity index (χ4n) is 10.0. The predicted molar refractivity (Wildman–Crippen MR) is 278 cm³/mol. The van der Waals surface area contributed by atoms with Gasteiger partial charge in [-0.05, 0) is 85.8 Å². The molecule has 3 aliphatic rings. The standard InChI is InChI=1S/C57H73N7O9/c1-7-38(2)50(61-55(69)72-37-45-43-25-16-14-23-41(43)42-24-15-17-26-44(42)45)51(65)59-46(28-29-49(63-33-30-58-31-34-63)60-56(70)73-57(3,4)5)52(66)62(6)48(35-39-19-10-8-11-20-39)53(67)64-32-18-27-47(64)54(68)71-36-40-21-12-9-13-22-40/h8-17,19-26,38,45-50,58H,7,18,27-37H2,1-6H3,(H,59,65)(H,60,70)(H,61,69)/t38-,46-,47-,48+,49?,50-/m0/s1. The molecule has 73 heavy (non-hydrogen) atoms. The number of amides is 5. The van der Waals surface area contributed by atoms with Crippen LogP contribution in [0.15, 0.2) is 109 Å². The van der Waals surface area contributed by atoms with Gasteiger partial charge in [0.1, 0.15) is 43.0 Å². The molecule has 0 aromatic heterocycles. The van der Waals surface area contributed by atoms with E-state index in [0.717, 1.165) is 33.4 Å². The number of carbonyl (C=O) groups is 6. The molecular weight excluding hydrogens is 927 g/mol. The first-order valence-corrected chi connectivity index (χ1v) is 25.8. The van der Waals surface area contributed by atoms with Gasteiger partial charge in [0.15, 0.2) is 0 Å². The average Bonchev–Trinajstić information content (AvgIpc) is 4.02. The third-order valence-electron chi connectivity index (χ3n) is 14.1. The van der Waals surface area contributed by atoms with E-state index >= 15 is 4.79 Å². The molecule has 16 nitrogen and oxygen atoms in total. The van der Waals surface area contributed by atoms with Gasteiger partial charge < -0.3 is 45.3 Å². The number of rotatable bonds is 20. The lowest BCUT2D eigenvalue weighted by atomic mass is 9.97. The van der Waals surface area contributed by atoms with Crippen molar-refractivity contribution >= 4 is 35.9 Å². The number of esters is 1. The molecule has 0 saturated carbocycles. The van der Waals surface area contributed by atoms with Gasteiger partial charge in [0.05, 0.1) is 6.17 Å². The molecule has 4 aromatic rings. The summed E-state index contributed by atoms with van der Waals surface area (Å²) in [5.41, 5.74) is 5.09. The first-order chi connectivity index (χ1) is 35.1. The summed E-state index contributed by atoms with van der Waals surface area (Å²) >= 11 is 0. The predicted octanol–water partition coefficient (Wildman–Crippen LogP) is 6.76. The zero-order valence-corrected chi connectivity index (χ0v) is 43.1. The van der Waals surface area contributed by atoms with Crippen LogP contribution >= 0.6 is 0 Å². The van der Waals surface area contributed by atoms with Crippen molar-refractivity contribution in [1.29, 1.82) is 0 Å². The maximum atomic E-state index is 15.3. The van der Waals surface area contributed by atoms with Crippen LogP contribution in [0.3, 0.4) is 0 Å². The number of fused-ring (bicyclic) bond motifs is 3. The van der Waals surface area contributed by atoms with E-state index in [2.05, 4.69) is 38.3 Å². The Kier molecular flexibility index (Phi) is 18.7. The van der Waals surface area contributed by atoms with E-state index in [-0.39, 0.29) is 44.9 Å². The average molecular weight is 1000 g/mol. The third-order valence-corrected chi connectivity index (χ3v) is 14.1. The Morgan fingerprint density at radius 1 is 0.740 bits per heavy atom. The molecule has 0 spiro atoms. The summed E-state index contributed by atoms with van der Waals surface area (Å²) in [5.74, 6) is -2.72. The number of ether oxygens (including phenoxy) is 3. The Hall–Kier alpha value is -6.78. The Morgan fingerprint density at radius 2 is 1.34 bits per heavy atom. The van der Waals surface area contributed by atoms with Crippen LogP contribution in [0.4, 0.5) is 9.59 Å². The van der Waals surface area contributed by atoms with Crippen molar-refractivity contribution in [2.75, 3.05) is 46.4 Å². The van der Waals surface area contributed by atoms with Crippen LogP contribution in [0, 0.1) is 5.92 Å². The van der Waals surface area contributed by atoms with Crippen LogP contribution in [0.5, 0.6) is 0 Å². The number of nitrogens with one attached hydrogen (secondary N) is 4. The molecule has 1 unspecified atom stereocenters. The molecule has 2 fully saturated rings. The quantitative estimate of drug-likeness (QED) is 0.0541. The molecule has 2 saturated heterocycles. The molecule has 390 valence electrons. The third kappa shape index (κ3) is 14.3. The second-order valence-corrected chi connectivity index (χ2v) is 20.4. The van der Waals surface area contributed by atoms with Gasteiger partial charge in [-0.1, -0.05) is 129 Å². The normalized spacial score (nSPS) is 17.7. The maximum Gasteiger partial charge on any atom is 0.408 e. The highest BCUT2D eigenvalue weighted by molar-refractivity contribution is 5.95. The van der Waals surface area contributed by atoms with Crippen LogP contribution < -0.4 is 21.3 Å². The number of likely N-dealkylation sites (tertiary alicyclic amines) is 1. The number of nitrogens with zero attached hydrogens (tertiary/aromatic N) is 3. The fourth-order valence-corrected chi connectivity index (χ4v) is 10.0. The van der Waals surface area contributed by atoms with Gasteiger partial charge in [-0.15, -0.1) is 0 Å². The van der Waals surface area contributed by atoms with Gasteiger partial charge in [-0.3, -0.25) is 19.3 Å². The van der Waals surface area contributed by atoms with Crippen LogP contribution in [0.25, 0.3) is 11.1 Å². The molecule has 5 amide bonds. The number of likely N-dealkylation sites (N-methyl/N-ethyl adjacent to an activating group) is 1. The topological polar surface area (TPSA) is 188 Å². The van der Waals surface area contributed by atoms with E-state index in [1.54, 1.807) is 27.8 Å². The lowest BCUT2D eigenvalue weighted by Crippen LogP contribution is -2.60. The van der Waals surface area contributed by atoms with Crippen LogP contribution in [0.1, 0.15) is 94.9 Å². The monoisotopic (exact) mass is 1000 g/mol. The molecule has 4 N–H and O–H groups in total. The molecule has 4 aromatic carbocycles. The highest BCUT2D eigenvalue weighted by Gasteiger charge is 2.42. The maximum absolute atomic E-state index is 15.3. The van der Waals surface area contributed by atoms with E-state index in [1.807, 2.05) is 111 Å². The van der Waals surface area contributed by atoms with E-state index in [1.165, 1.54) is 9.80 Å². The molecule has 0 radical (unpaired) electrons. The van der Waals surface area contributed by atoms with E-state index < -0.39 is 77.7 Å². The van der Waals surface area contributed by atoms with Gasteiger partial charge in [0.2, 0.25) is 17.7 Å². The Labute approximate surface area is 429 Å². The minimum absolute atomic E-state index is 0.0296. The number of carbonyl (C=O) groups excluding carboxylic acids is 6. The van der Waals surface area contributed by atoms with Gasteiger partial charge in [0.25, 0.3) is 0 Å². The van der Waals surface area contributed by atoms with Gasteiger partial charge in [-0.2, -0.15) is 0 Å². The number of hydrogen-bond donors (Lipinski definition) is 4. The van der Waals surface area contributed by atoms with Gasteiger partial charge in [0, 0.05) is 52.1 Å². The van der Waals surface area contributed by atoms with Crippen molar-refractivity contribution in [3.05, 3.63) is 131 Å². The summed E-state index contributed by atoms with van der Waals surface area (Å²) in [6.45, 7) is 12.0. The smallest absolute Gasteiger partial charge is 0.408 e. The highest BCUT2D eigenvalue weighted by atomic mass is 16.6. The van der Waals surface area contributed by atoms with Crippen LogP contribution in [-0.2, 0) is 46.4 Å². The number of alkyl carbamates (subject to hydrolysis) is 2. The number of benzene rings is 4. The Morgan fingerprint density at radius 3 is 1.96 bits per heavy atom. The van der Waals surface area contributed by atoms with E-state index in [0.29, 0.717) is 45.4 Å². The van der Waals surface area contributed by atoms with Crippen LogP contribution in [-0.4, -0.2) is 133 Å². The minimum atomic E-state index is -1.24. The van der Waals surface area contributed by atoms with Crippen LogP contribution in [0.2, 0.25) is 0 Å². The fraction of sp³-hybridized carbons (Fsp3) is 0.474. The number of hydrogen-bond acceptors (Lipinski definition) is 11. The molecule has 2 aliphatic heterocycles. The molecule has 16 heteroatoms. The first kappa shape index (κ1) is 54.0. The minimum Gasteiger partial charge on any atom is -0.459 e. The second kappa shape index (κ2) is 25.2. The molecule has 2 heterocycles. The van der Waals surface area contributed by atoms with Gasteiger partial charge in [-0.25, -0.2) is 14.4 Å². The van der Waals surface area contributed by atoms with Crippen molar-refractivity contribution in [3.8, 4) is 11.1 Å². The summed E-state index contributed by atoms with van der Waals surface area (Å²) in [4.78, 5) is 90.9. The largest absolute Gasteiger partial charge is 0.459 e. The summed E-state index contributed by atoms with van der Waals surface area (Å²) in [7, 11) is 1.54. The lowest BCUT2D eigenvalue weighted by molar-refractivity contribution is -0.157. The summed E-state index contributed by atoms with van der Waals surface area (Å²) in [5, 5.41) is 12.2. The van der Waals surface area contributed by atoms with Crippen molar-refractivity contribution in [2.24, 2.45) is 5.92 Å².